The Kier molecular flexibility index (Phi) is 4.19. The molecule has 2 aromatic rings. The van der Waals surface area contributed by atoms with Crippen LogP contribution in [0.4, 0.5) is 5.95 Å². The van der Waals surface area contributed by atoms with Gasteiger partial charge < -0.3 is 15.0 Å². The van der Waals surface area contributed by atoms with E-state index in [4.69, 9.17) is 9.72 Å². The summed E-state index contributed by atoms with van der Waals surface area (Å²) in [5.74, 6) is 1.71. The quantitative estimate of drug-likeness (QED) is 0.926. The van der Waals surface area contributed by atoms with Crippen LogP contribution in [0, 0.1) is 12.8 Å². The third-order valence-electron chi connectivity index (χ3n) is 5.08. The normalized spacial score (nSPS) is 20.6. The molecule has 1 aromatic carbocycles. The van der Waals surface area contributed by atoms with Crippen molar-refractivity contribution < 1.29 is 9.53 Å². The number of amides is 1. The van der Waals surface area contributed by atoms with Crippen molar-refractivity contribution >= 4 is 22.8 Å². The van der Waals surface area contributed by atoms with Crippen molar-refractivity contribution in [3.05, 3.63) is 23.9 Å². The molecule has 25 heavy (non-hydrogen) atoms. The van der Waals surface area contributed by atoms with Gasteiger partial charge in [0.15, 0.2) is 0 Å². The number of piperidine rings is 1. The maximum atomic E-state index is 12.4. The van der Waals surface area contributed by atoms with Gasteiger partial charge in [-0.2, -0.15) is 0 Å². The molecule has 0 bridgehead atoms. The number of ether oxygens (including phenoxy) is 1. The van der Waals surface area contributed by atoms with E-state index >= 15 is 0 Å². The van der Waals surface area contributed by atoms with E-state index in [2.05, 4.69) is 15.2 Å². The molecule has 1 aromatic heterocycles. The lowest BCUT2D eigenvalue weighted by molar-refractivity contribution is -0.125. The zero-order valence-electron chi connectivity index (χ0n) is 14.8. The van der Waals surface area contributed by atoms with Crippen molar-refractivity contribution in [2.75, 3.05) is 25.1 Å². The smallest absolute Gasteiger partial charge is 0.226 e. The zero-order chi connectivity index (χ0) is 17.4. The van der Waals surface area contributed by atoms with E-state index in [1.54, 1.807) is 7.11 Å². The Balaban J connectivity index is 1.58. The fraction of sp³-hybridized carbons (Fsp3) is 0.526. The molecule has 4 rings (SSSR count). The second-order valence-corrected chi connectivity index (χ2v) is 7.06. The van der Waals surface area contributed by atoms with Crippen LogP contribution < -0.4 is 15.0 Å². The van der Waals surface area contributed by atoms with Gasteiger partial charge in [0, 0.05) is 30.6 Å². The number of nitrogens with zero attached hydrogens (tertiary/aromatic N) is 3. The minimum Gasteiger partial charge on any atom is -0.497 e. The first-order chi connectivity index (χ1) is 12.1. The summed E-state index contributed by atoms with van der Waals surface area (Å²) in [5, 5.41) is 4.16. The number of anilines is 1. The Bertz CT molecular complexity index is 803. The van der Waals surface area contributed by atoms with E-state index in [-0.39, 0.29) is 11.8 Å². The minimum atomic E-state index is 0.0271. The van der Waals surface area contributed by atoms with Crippen LogP contribution >= 0.6 is 0 Å². The second kappa shape index (κ2) is 6.50. The number of rotatable bonds is 4. The van der Waals surface area contributed by atoms with Gasteiger partial charge in [-0.05, 0) is 44.7 Å². The first-order valence-corrected chi connectivity index (χ1v) is 9.02. The highest BCUT2D eigenvalue weighted by atomic mass is 16.5. The summed E-state index contributed by atoms with van der Waals surface area (Å²) in [6, 6.07) is 6.27. The van der Waals surface area contributed by atoms with E-state index in [1.165, 1.54) is 0 Å². The second-order valence-electron chi connectivity index (χ2n) is 7.06. The Morgan fingerprint density at radius 1 is 1.28 bits per heavy atom. The lowest BCUT2D eigenvalue weighted by atomic mass is 9.97. The molecule has 6 nitrogen and oxygen atoms in total. The number of carbonyl (C=O) groups is 1. The standard InChI is InChI=1S/C19H24N4O2/c1-12-16-8-7-15(25-2)10-17(16)22-19(20-12)23-9-3-4-13(11-23)18(24)21-14-5-6-14/h7-8,10,13-14H,3-6,9,11H2,1-2H3,(H,21,24). The summed E-state index contributed by atoms with van der Waals surface area (Å²) < 4.78 is 5.31. The number of methoxy groups -OCH3 is 1. The van der Waals surface area contributed by atoms with E-state index in [0.717, 1.165) is 54.6 Å². The van der Waals surface area contributed by atoms with Gasteiger partial charge in [-0.25, -0.2) is 9.97 Å². The highest BCUT2D eigenvalue weighted by Crippen LogP contribution is 2.27. The average molecular weight is 340 g/mol. The van der Waals surface area contributed by atoms with E-state index in [1.807, 2.05) is 25.1 Å². The first-order valence-electron chi connectivity index (χ1n) is 9.02. The molecule has 0 radical (unpaired) electrons. The Labute approximate surface area is 147 Å². The Morgan fingerprint density at radius 3 is 2.88 bits per heavy atom. The number of hydrogen-bond acceptors (Lipinski definition) is 5. The van der Waals surface area contributed by atoms with E-state index in [9.17, 15) is 4.79 Å². The number of aromatic nitrogens is 2. The minimum absolute atomic E-state index is 0.0271. The summed E-state index contributed by atoms with van der Waals surface area (Å²) >= 11 is 0. The van der Waals surface area contributed by atoms with E-state index in [0.29, 0.717) is 18.5 Å². The number of carbonyl (C=O) groups excluding carboxylic acids is 1. The van der Waals surface area contributed by atoms with Crippen LogP contribution in [-0.4, -0.2) is 42.1 Å². The molecule has 6 heteroatoms. The summed E-state index contributed by atoms with van der Waals surface area (Å²) in [5.41, 5.74) is 1.83. The van der Waals surface area contributed by atoms with E-state index < -0.39 is 0 Å². The van der Waals surface area contributed by atoms with Crippen molar-refractivity contribution in [3.8, 4) is 5.75 Å². The van der Waals surface area contributed by atoms with Gasteiger partial charge in [-0.15, -0.1) is 0 Å². The van der Waals surface area contributed by atoms with Crippen LogP contribution in [0.5, 0.6) is 5.75 Å². The van der Waals surface area contributed by atoms with Crippen LogP contribution in [0.1, 0.15) is 31.4 Å². The molecule has 1 amide bonds. The van der Waals surface area contributed by atoms with Crippen LogP contribution in [-0.2, 0) is 4.79 Å². The highest BCUT2D eigenvalue weighted by Gasteiger charge is 2.31. The van der Waals surface area contributed by atoms with Gasteiger partial charge in [0.25, 0.3) is 0 Å². The molecular weight excluding hydrogens is 316 g/mol. The largest absolute Gasteiger partial charge is 0.497 e. The van der Waals surface area contributed by atoms with Crippen LogP contribution in [0.2, 0.25) is 0 Å². The maximum Gasteiger partial charge on any atom is 0.226 e. The van der Waals surface area contributed by atoms with Crippen molar-refractivity contribution in [2.45, 2.75) is 38.6 Å². The molecule has 1 saturated heterocycles. The lowest BCUT2D eigenvalue weighted by Crippen LogP contribution is -2.44. The fourth-order valence-electron chi connectivity index (χ4n) is 3.44. The monoisotopic (exact) mass is 340 g/mol. The molecule has 1 aliphatic carbocycles. The van der Waals surface area contributed by atoms with Crippen LogP contribution in [0.15, 0.2) is 18.2 Å². The number of benzene rings is 1. The van der Waals surface area contributed by atoms with Gasteiger partial charge in [0.05, 0.1) is 24.2 Å². The van der Waals surface area contributed by atoms with Crippen molar-refractivity contribution in [2.24, 2.45) is 5.92 Å². The molecule has 2 aliphatic rings. The predicted molar refractivity (Wildman–Crippen MR) is 96.9 cm³/mol. The van der Waals surface area contributed by atoms with Gasteiger partial charge >= 0.3 is 0 Å². The molecule has 0 spiro atoms. The average Bonchev–Trinajstić information content (AvgIpc) is 3.45. The van der Waals surface area contributed by atoms with Crippen molar-refractivity contribution in [1.82, 2.24) is 15.3 Å². The lowest BCUT2D eigenvalue weighted by Gasteiger charge is -2.32. The first kappa shape index (κ1) is 16.1. The Morgan fingerprint density at radius 2 is 2.12 bits per heavy atom. The van der Waals surface area contributed by atoms with Crippen molar-refractivity contribution in [3.63, 3.8) is 0 Å². The summed E-state index contributed by atoms with van der Waals surface area (Å²) in [6.07, 6.45) is 4.17. The molecule has 1 saturated carbocycles. The molecule has 1 aliphatic heterocycles. The molecule has 1 atom stereocenters. The molecule has 1 unspecified atom stereocenters. The Hall–Kier alpha value is -2.37. The number of hydrogen-bond donors (Lipinski definition) is 1. The van der Waals surface area contributed by atoms with Gasteiger partial charge in [0.1, 0.15) is 5.75 Å². The number of fused-ring (bicyclic) bond motifs is 1. The summed E-state index contributed by atoms with van der Waals surface area (Å²) in [7, 11) is 1.66. The molecule has 2 fully saturated rings. The third-order valence-corrected chi connectivity index (χ3v) is 5.08. The number of nitrogens with one attached hydrogen (secondary N) is 1. The van der Waals surface area contributed by atoms with Gasteiger partial charge in [0.2, 0.25) is 11.9 Å². The summed E-state index contributed by atoms with van der Waals surface area (Å²) in [4.78, 5) is 24.0. The summed E-state index contributed by atoms with van der Waals surface area (Å²) in [6.45, 7) is 3.58. The fourth-order valence-corrected chi connectivity index (χ4v) is 3.44. The third kappa shape index (κ3) is 3.38. The molecule has 1 N–H and O–H groups in total. The maximum absolute atomic E-state index is 12.4. The van der Waals surface area contributed by atoms with Crippen molar-refractivity contribution in [1.29, 1.82) is 0 Å². The predicted octanol–water partition coefficient (Wildman–Crippen LogP) is 2.44. The molecular formula is C19H24N4O2. The SMILES string of the molecule is COc1ccc2c(C)nc(N3CCCC(C(=O)NC4CC4)C3)nc2c1. The number of aryl methyl sites for hydroxylation is 1. The van der Waals surface area contributed by atoms with Gasteiger partial charge in [-0.1, -0.05) is 0 Å². The zero-order valence-corrected chi connectivity index (χ0v) is 14.8. The molecule has 132 valence electrons. The highest BCUT2D eigenvalue weighted by molar-refractivity contribution is 5.83. The van der Waals surface area contributed by atoms with Crippen LogP contribution in [0.3, 0.4) is 0 Å². The topological polar surface area (TPSA) is 67.3 Å². The van der Waals surface area contributed by atoms with Gasteiger partial charge in [-0.3, -0.25) is 4.79 Å². The van der Waals surface area contributed by atoms with Crippen LogP contribution in [0.25, 0.3) is 10.9 Å². The molecule has 2 heterocycles.